The fourth-order valence-corrected chi connectivity index (χ4v) is 6.97. The van der Waals surface area contributed by atoms with E-state index in [0.717, 1.165) is 44.7 Å². The molecule has 0 saturated heterocycles. The highest BCUT2D eigenvalue weighted by atomic mass is 16.7. The van der Waals surface area contributed by atoms with Crippen molar-refractivity contribution in [3.8, 4) is 17.2 Å². The van der Waals surface area contributed by atoms with Crippen molar-refractivity contribution < 1.29 is 43.4 Å². The minimum atomic E-state index is -0.758. The minimum absolute atomic E-state index is 0.149. The van der Waals surface area contributed by atoms with E-state index in [0.29, 0.717) is 35.5 Å². The molecule has 1 aliphatic rings. The second-order valence-corrected chi connectivity index (χ2v) is 13.5. The number of aromatic hydroxyl groups is 2. The molecule has 0 saturated carbocycles. The van der Waals surface area contributed by atoms with Crippen LogP contribution in [-0.4, -0.2) is 52.6 Å². The molecule has 2 N–H and O–H groups in total. The molecule has 0 atom stereocenters. The second-order valence-electron chi connectivity index (χ2n) is 13.5. The van der Waals surface area contributed by atoms with E-state index in [-0.39, 0.29) is 50.1 Å². The van der Waals surface area contributed by atoms with E-state index in [1.54, 1.807) is 35.5 Å². The first-order chi connectivity index (χ1) is 24.0. The van der Waals surface area contributed by atoms with Crippen LogP contribution in [-0.2, 0) is 78.9 Å². The summed E-state index contributed by atoms with van der Waals surface area (Å²) >= 11 is 0. The van der Waals surface area contributed by atoms with E-state index in [9.17, 15) is 10.2 Å². The summed E-state index contributed by atoms with van der Waals surface area (Å²) in [5, 5.41) is 22.3. The van der Waals surface area contributed by atoms with Gasteiger partial charge in [-0.25, -0.2) is 0 Å². The standard InChI is InChI=1S/C41H50O9/c1-40(2,34-17-30(23-48-8)39-31(18-34)24-49-25-50-39)32-9-11-33(12-10-32)41(3,35-13-26(19-44-4)37(42)27(14-35)20-45-5)36-15-28(21-46-6)38(43)29(16-36)22-47-7/h9-18,42-43H,19-25H2,1-8H3. The van der Waals surface area contributed by atoms with Gasteiger partial charge in [-0.15, -0.1) is 0 Å². The Morgan fingerprint density at radius 2 is 0.940 bits per heavy atom. The van der Waals surface area contributed by atoms with Crippen molar-refractivity contribution >= 4 is 0 Å². The Kier molecular flexibility index (Phi) is 11.9. The smallest absolute Gasteiger partial charge is 0.189 e. The van der Waals surface area contributed by atoms with Gasteiger partial charge in [0.25, 0.3) is 0 Å². The highest BCUT2D eigenvalue weighted by Gasteiger charge is 2.35. The lowest BCUT2D eigenvalue weighted by Crippen LogP contribution is -2.27. The van der Waals surface area contributed by atoms with Gasteiger partial charge in [-0.05, 0) is 71.1 Å². The lowest BCUT2D eigenvalue weighted by Gasteiger charge is -2.35. The van der Waals surface area contributed by atoms with Gasteiger partial charge in [0.15, 0.2) is 6.79 Å². The van der Waals surface area contributed by atoms with Crippen molar-refractivity contribution in [3.63, 3.8) is 0 Å². The summed E-state index contributed by atoms with van der Waals surface area (Å²) in [5.41, 5.74) is 8.63. The third-order valence-electron chi connectivity index (χ3n) is 9.88. The fourth-order valence-electron chi connectivity index (χ4n) is 6.97. The molecule has 1 aliphatic heterocycles. The van der Waals surface area contributed by atoms with Gasteiger partial charge >= 0.3 is 0 Å². The zero-order chi connectivity index (χ0) is 36.1. The molecular weight excluding hydrogens is 636 g/mol. The first kappa shape index (κ1) is 37.3. The number of methoxy groups -OCH3 is 5. The quantitative estimate of drug-likeness (QED) is 0.124. The van der Waals surface area contributed by atoms with Crippen LogP contribution in [0.3, 0.4) is 0 Å². The maximum absolute atomic E-state index is 11.2. The van der Waals surface area contributed by atoms with Crippen LogP contribution in [0.2, 0.25) is 0 Å². The molecule has 5 rings (SSSR count). The van der Waals surface area contributed by atoms with E-state index >= 15 is 0 Å². The molecule has 0 radical (unpaired) electrons. The third kappa shape index (κ3) is 7.26. The number of phenolic OH excluding ortho intramolecular Hbond substituents is 2. The number of hydrogen-bond acceptors (Lipinski definition) is 9. The summed E-state index contributed by atoms with van der Waals surface area (Å²) in [6.45, 7) is 8.64. The van der Waals surface area contributed by atoms with Crippen LogP contribution in [0.4, 0.5) is 0 Å². The van der Waals surface area contributed by atoms with Gasteiger partial charge < -0.3 is 43.4 Å². The predicted octanol–water partition coefficient (Wildman–Crippen LogP) is 7.38. The molecule has 50 heavy (non-hydrogen) atoms. The lowest BCUT2D eigenvalue weighted by molar-refractivity contribution is -0.0181. The molecule has 0 fully saturated rings. The van der Waals surface area contributed by atoms with Crippen molar-refractivity contribution in [2.45, 2.75) is 71.2 Å². The average Bonchev–Trinajstić information content (AvgIpc) is 3.11. The second kappa shape index (κ2) is 15.9. The van der Waals surface area contributed by atoms with Crippen LogP contribution in [0.15, 0.2) is 60.7 Å². The molecule has 0 amide bonds. The zero-order valence-electron chi connectivity index (χ0n) is 30.5. The van der Waals surface area contributed by atoms with Crippen LogP contribution in [0.5, 0.6) is 17.2 Å². The summed E-state index contributed by atoms with van der Waals surface area (Å²) in [7, 11) is 8.12. The summed E-state index contributed by atoms with van der Waals surface area (Å²) in [5.74, 6) is 1.14. The Balaban J connectivity index is 1.70. The third-order valence-corrected chi connectivity index (χ3v) is 9.88. The monoisotopic (exact) mass is 686 g/mol. The van der Waals surface area contributed by atoms with Crippen LogP contribution in [0.1, 0.15) is 82.0 Å². The topological polar surface area (TPSA) is 105 Å². The number of fused-ring (bicyclic) bond motifs is 1. The molecule has 9 nitrogen and oxygen atoms in total. The van der Waals surface area contributed by atoms with Crippen molar-refractivity contribution in [1.29, 1.82) is 0 Å². The van der Waals surface area contributed by atoms with Gasteiger partial charge in [0.05, 0.1) is 39.6 Å². The lowest BCUT2D eigenvalue weighted by atomic mass is 9.68. The van der Waals surface area contributed by atoms with Gasteiger partial charge in [0.2, 0.25) is 0 Å². The molecule has 0 spiro atoms. The van der Waals surface area contributed by atoms with E-state index < -0.39 is 5.41 Å². The fraction of sp³-hybridized carbons (Fsp3) is 0.415. The van der Waals surface area contributed by atoms with Gasteiger partial charge in [-0.3, -0.25) is 0 Å². The zero-order valence-corrected chi connectivity index (χ0v) is 30.5. The van der Waals surface area contributed by atoms with Crippen molar-refractivity contribution in [2.24, 2.45) is 0 Å². The van der Waals surface area contributed by atoms with Gasteiger partial charge in [0.1, 0.15) is 17.2 Å². The van der Waals surface area contributed by atoms with E-state index in [2.05, 4.69) is 57.2 Å². The molecule has 4 aromatic rings. The predicted molar refractivity (Wildman–Crippen MR) is 191 cm³/mol. The van der Waals surface area contributed by atoms with Crippen LogP contribution in [0, 0.1) is 0 Å². The molecule has 0 unspecified atom stereocenters. The molecule has 0 aromatic heterocycles. The maximum Gasteiger partial charge on any atom is 0.189 e. The number of rotatable bonds is 15. The Bertz CT molecular complexity index is 1660. The van der Waals surface area contributed by atoms with Gasteiger partial charge in [-0.1, -0.05) is 38.1 Å². The Morgan fingerprint density at radius 1 is 0.540 bits per heavy atom. The molecular formula is C41H50O9. The number of ether oxygens (including phenoxy) is 7. The number of phenols is 2. The molecule has 0 bridgehead atoms. The number of benzene rings is 4. The Hall–Kier alpha value is -3.96. The molecule has 1 heterocycles. The van der Waals surface area contributed by atoms with Crippen molar-refractivity contribution in [3.05, 3.63) is 122 Å². The van der Waals surface area contributed by atoms with Crippen LogP contribution >= 0.6 is 0 Å². The maximum atomic E-state index is 11.2. The Labute approximate surface area is 295 Å². The van der Waals surface area contributed by atoms with Gasteiger partial charge in [-0.2, -0.15) is 0 Å². The van der Waals surface area contributed by atoms with E-state index in [1.807, 2.05) is 24.3 Å². The van der Waals surface area contributed by atoms with Gasteiger partial charge in [0, 0.05) is 79.8 Å². The average molecular weight is 687 g/mol. The van der Waals surface area contributed by atoms with Crippen molar-refractivity contribution in [2.75, 3.05) is 42.3 Å². The first-order valence-corrected chi connectivity index (χ1v) is 16.7. The SMILES string of the molecule is COCc1cc(C(C)(c2ccc(C(C)(C)c3cc(COC)c4c(c3)COCO4)cc2)c2cc(COC)c(O)c(COC)c2)cc(COC)c1O. The minimum Gasteiger partial charge on any atom is -0.507 e. The largest absolute Gasteiger partial charge is 0.507 e. The molecule has 0 aliphatic carbocycles. The molecule has 4 aromatic carbocycles. The highest BCUT2D eigenvalue weighted by molar-refractivity contribution is 5.58. The molecule has 9 heteroatoms. The van der Waals surface area contributed by atoms with E-state index in [1.165, 1.54) is 0 Å². The Morgan fingerprint density at radius 3 is 1.38 bits per heavy atom. The van der Waals surface area contributed by atoms with Crippen molar-refractivity contribution in [1.82, 2.24) is 0 Å². The van der Waals surface area contributed by atoms with E-state index in [4.69, 9.17) is 33.2 Å². The highest BCUT2D eigenvalue weighted by Crippen LogP contribution is 2.45. The summed E-state index contributed by atoms with van der Waals surface area (Å²) < 4.78 is 39.0. The van der Waals surface area contributed by atoms with Crippen LogP contribution in [0.25, 0.3) is 0 Å². The summed E-state index contributed by atoms with van der Waals surface area (Å²) in [6.07, 6.45) is 0. The normalized spacial score (nSPS) is 13.3. The molecule has 268 valence electrons. The summed E-state index contributed by atoms with van der Waals surface area (Å²) in [6, 6.07) is 21.0. The number of hydrogen-bond donors (Lipinski definition) is 2. The first-order valence-electron chi connectivity index (χ1n) is 16.7. The van der Waals surface area contributed by atoms with Crippen LogP contribution < -0.4 is 4.74 Å². The summed E-state index contributed by atoms with van der Waals surface area (Å²) in [4.78, 5) is 0.